The minimum absolute atomic E-state index is 0.0326. The predicted octanol–water partition coefficient (Wildman–Crippen LogP) is 0.934. The van der Waals surface area contributed by atoms with Crippen molar-refractivity contribution >= 4 is 12.0 Å². The second-order valence-corrected chi connectivity index (χ2v) is 2.90. The van der Waals surface area contributed by atoms with E-state index in [1.165, 1.54) is 6.92 Å². The van der Waals surface area contributed by atoms with E-state index in [-0.39, 0.29) is 5.91 Å². The van der Waals surface area contributed by atoms with Gasteiger partial charge in [-0.05, 0) is 6.92 Å². The Bertz CT molecular complexity index is 330. The Balaban J connectivity index is 2.44. The molecule has 1 amide bonds. The Morgan fingerprint density at radius 1 is 1.50 bits per heavy atom. The van der Waals surface area contributed by atoms with Crippen LogP contribution in [-0.2, 0) is 4.79 Å². The van der Waals surface area contributed by atoms with E-state index in [1.807, 2.05) is 19.1 Å². The molecule has 0 aliphatic rings. The number of hydrogen-bond donors (Lipinski definition) is 1. The van der Waals surface area contributed by atoms with Crippen molar-refractivity contribution in [3.05, 3.63) is 29.9 Å². The first-order valence-electron chi connectivity index (χ1n) is 4.38. The Labute approximate surface area is 83.1 Å². The first-order valence-corrected chi connectivity index (χ1v) is 4.38. The summed E-state index contributed by atoms with van der Waals surface area (Å²) in [5, 5.41) is 2.66. The smallest absolute Gasteiger partial charge is 0.217 e. The fourth-order valence-corrected chi connectivity index (χ4v) is 0.886. The van der Waals surface area contributed by atoms with E-state index < -0.39 is 0 Å². The molecule has 1 aromatic rings. The van der Waals surface area contributed by atoms with Crippen LogP contribution in [0.25, 0.3) is 6.08 Å². The normalized spacial score (nSPS) is 10.4. The molecule has 1 N–H and O–H groups in total. The average Bonchev–Trinajstić information content (AvgIpc) is 2.15. The van der Waals surface area contributed by atoms with Crippen molar-refractivity contribution in [3.63, 3.8) is 0 Å². The lowest BCUT2D eigenvalue weighted by atomic mass is 10.3. The van der Waals surface area contributed by atoms with Crippen molar-refractivity contribution in [2.24, 2.45) is 0 Å². The summed E-state index contributed by atoms with van der Waals surface area (Å²) >= 11 is 0. The maximum atomic E-state index is 10.5. The van der Waals surface area contributed by atoms with Crippen LogP contribution < -0.4 is 5.32 Å². The summed E-state index contributed by atoms with van der Waals surface area (Å²) in [7, 11) is 0. The van der Waals surface area contributed by atoms with E-state index in [4.69, 9.17) is 0 Å². The quantitative estimate of drug-likeness (QED) is 0.773. The zero-order chi connectivity index (χ0) is 10.4. The van der Waals surface area contributed by atoms with Crippen LogP contribution in [0.15, 0.2) is 18.5 Å². The molecule has 4 nitrogen and oxygen atoms in total. The molecule has 0 aromatic carbocycles. The molecule has 0 saturated carbocycles. The summed E-state index contributed by atoms with van der Waals surface area (Å²) in [6.45, 7) is 3.86. The summed E-state index contributed by atoms with van der Waals surface area (Å²) in [5.41, 5.74) is 0.931. The molecular formula is C10H13N3O. The van der Waals surface area contributed by atoms with Gasteiger partial charge in [-0.1, -0.05) is 12.2 Å². The number of aryl methyl sites for hydroxylation is 1. The fourth-order valence-electron chi connectivity index (χ4n) is 0.886. The third kappa shape index (κ3) is 3.80. The zero-order valence-electron chi connectivity index (χ0n) is 8.32. The monoisotopic (exact) mass is 191 g/mol. The molecule has 1 aromatic heterocycles. The second kappa shape index (κ2) is 5.11. The number of hydrogen-bond acceptors (Lipinski definition) is 3. The van der Waals surface area contributed by atoms with E-state index in [2.05, 4.69) is 15.3 Å². The van der Waals surface area contributed by atoms with Crippen molar-refractivity contribution in [3.8, 4) is 0 Å². The lowest BCUT2D eigenvalue weighted by molar-refractivity contribution is -0.118. The van der Waals surface area contributed by atoms with Crippen LogP contribution >= 0.6 is 0 Å². The number of nitrogens with one attached hydrogen (secondary N) is 1. The van der Waals surface area contributed by atoms with Crippen molar-refractivity contribution in [1.29, 1.82) is 0 Å². The molecule has 4 heteroatoms. The van der Waals surface area contributed by atoms with Crippen molar-refractivity contribution < 1.29 is 4.79 Å². The number of carbonyl (C=O) groups excluding carboxylic acids is 1. The van der Waals surface area contributed by atoms with Gasteiger partial charge in [0.2, 0.25) is 5.91 Å². The van der Waals surface area contributed by atoms with Gasteiger partial charge in [-0.25, -0.2) is 9.97 Å². The maximum Gasteiger partial charge on any atom is 0.217 e. The molecule has 0 aliphatic carbocycles. The maximum absolute atomic E-state index is 10.5. The Hall–Kier alpha value is -1.71. The van der Waals surface area contributed by atoms with Gasteiger partial charge in [0, 0.05) is 31.4 Å². The first kappa shape index (κ1) is 10.4. The van der Waals surface area contributed by atoms with Crippen molar-refractivity contribution in [1.82, 2.24) is 15.3 Å². The van der Waals surface area contributed by atoms with Gasteiger partial charge in [0.15, 0.2) is 0 Å². The molecule has 0 unspecified atom stereocenters. The molecule has 0 saturated heterocycles. The van der Waals surface area contributed by atoms with Gasteiger partial charge in [0.1, 0.15) is 5.82 Å². The van der Waals surface area contributed by atoms with Crippen LogP contribution in [0, 0.1) is 6.92 Å². The average molecular weight is 191 g/mol. The lowest BCUT2D eigenvalue weighted by Crippen LogP contribution is -2.19. The van der Waals surface area contributed by atoms with Gasteiger partial charge in [-0.15, -0.1) is 0 Å². The number of nitrogens with zero attached hydrogens (tertiary/aromatic N) is 2. The molecule has 1 heterocycles. The highest BCUT2D eigenvalue weighted by Crippen LogP contribution is 1.97. The highest BCUT2D eigenvalue weighted by atomic mass is 16.1. The number of carbonyl (C=O) groups is 1. The predicted molar refractivity (Wildman–Crippen MR) is 54.5 cm³/mol. The van der Waals surface area contributed by atoms with Gasteiger partial charge in [-0.3, -0.25) is 4.79 Å². The minimum atomic E-state index is -0.0326. The van der Waals surface area contributed by atoms with E-state index in [0.717, 1.165) is 11.4 Å². The van der Waals surface area contributed by atoms with Crippen LogP contribution in [0.5, 0.6) is 0 Å². The van der Waals surface area contributed by atoms with Crippen LogP contribution in [-0.4, -0.2) is 22.4 Å². The zero-order valence-corrected chi connectivity index (χ0v) is 8.32. The van der Waals surface area contributed by atoms with Gasteiger partial charge >= 0.3 is 0 Å². The topological polar surface area (TPSA) is 54.9 Å². The highest BCUT2D eigenvalue weighted by Gasteiger charge is 1.88. The summed E-state index contributed by atoms with van der Waals surface area (Å²) in [4.78, 5) is 18.6. The van der Waals surface area contributed by atoms with E-state index in [0.29, 0.717) is 6.54 Å². The highest BCUT2D eigenvalue weighted by molar-refractivity contribution is 5.73. The Kier molecular flexibility index (Phi) is 3.79. The summed E-state index contributed by atoms with van der Waals surface area (Å²) in [6.07, 6.45) is 7.21. The van der Waals surface area contributed by atoms with Crippen molar-refractivity contribution in [2.75, 3.05) is 6.54 Å². The molecule has 0 radical (unpaired) electrons. The van der Waals surface area contributed by atoms with E-state index in [9.17, 15) is 4.79 Å². The molecule has 0 atom stereocenters. The van der Waals surface area contributed by atoms with E-state index in [1.54, 1.807) is 12.4 Å². The summed E-state index contributed by atoms with van der Waals surface area (Å²) in [5.74, 6) is 0.721. The lowest BCUT2D eigenvalue weighted by Gasteiger charge is -1.95. The third-order valence-electron chi connectivity index (χ3n) is 1.58. The molecule has 1 rings (SSSR count). The number of amides is 1. The Morgan fingerprint density at radius 3 is 2.71 bits per heavy atom. The minimum Gasteiger partial charge on any atom is -0.353 e. The molecular weight excluding hydrogens is 178 g/mol. The van der Waals surface area contributed by atoms with Gasteiger partial charge in [-0.2, -0.15) is 0 Å². The molecule has 0 bridgehead atoms. The first-order chi connectivity index (χ1) is 6.68. The standard InChI is InChI=1S/C10H13N3O/c1-8-12-6-10(7-13-8)4-3-5-11-9(2)14/h3-4,6-7H,5H2,1-2H3,(H,11,14). The third-order valence-corrected chi connectivity index (χ3v) is 1.58. The number of aromatic nitrogens is 2. The van der Waals surface area contributed by atoms with Gasteiger partial charge < -0.3 is 5.32 Å². The van der Waals surface area contributed by atoms with Crippen LogP contribution in [0.4, 0.5) is 0 Å². The van der Waals surface area contributed by atoms with Gasteiger partial charge in [0.05, 0.1) is 0 Å². The molecule has 74 valence electrons. The fraction of sp³-hybridized carbons (Fsp3) is 0.300. The number of rotatable bonds is 3. The second-order valence-electron chi connectivity index (χ2n) is 2.90. The van der Waals surface area contributed by atoms with Gasteiger partial charge in [0.25, 0.3) is 0 Å². The Morgan fingerprint density at radius 2 is 2.14 bits per heavy atom. The van der Waals surface area contributed by atoms with Crippen LogP contribution in [0.3, 0.4) is 0 Å². The van der Waals surface area contributed by atoms with Crippen molar-refractivity contribution in [2.45, 2.75) is 13.8 Å². The van der Waals surface area contributed by atoms with E-state index >= 15 is 0 Å². The molecule has 0 spiro atoms. The molecule has 14 heavy (non-hydrogen) atoms. The SMILES string of the molecule is CC(=O)NCC=Cc1cnc(C)nc1. The largest absolute Gasteiger partial charge is 0.353 e. The van der Waals surface area contributed by atoms with Crippen LogP contribution in [0.2, 0.25) is 0 Å². The summed E-state index contributed by atoms with van der Waals surface area (Å²) < 4.78 is 0. The molecule has 0 aliphatic heterocycles. The molecule has 0 fully saturated rings. The van der Waals surface area contributed by atoms with Crippen LogP contribution in [0.1, 0.15) is 18.3 Å². The summed E-state index contributed by atoms with van der Waals surface area (Å²) in [6, 6.07) is 0.